The van der Waals surface area contributed by atoms with Crippen molar-refractivity contribution in [3.8, 4) is 0 Å². The van der Waals surface area contributed by atoms with Crippen molar-refractivity contribution in [2.24, 2.45) is 0 Å². The second-order valence-electron chi connectivity index (χ2n) is 5.89. The summed E-state index contributed by atoms with van der Waals surface area (Å²) in [5.74, 6) is 1.80. The van der Waals surface area contributed by atoms with Crippen molar-refractivity contribution in [1.29, 1.82) is 0 Å². The Labute approximate surface area is 129 Å². The summed E-state index contributed by atoms with van der Waals surface area (Å²) in [6.07, 6.45) is 4.34. The van der Waals surface area contributed by atoms with Crippen molar-refractivity contribution in [1.82, 2.24) is 14.8 Å². The maximum Gasteiger partial charge on any atom is 0.239 e. The van der Waals surface area contributed by atoms with E-state index in [0.717, 1.165) is 48.7 Å². The topological polar surface area (TPSA) is 68.1 Å². The Balaban J connectivity index is 1.71. The molecule has 2 aliphatic rings. The van der Waals surface area contributed by atoms with E-state index in [2.05, 4.69) is 14.8 Å². The molecule has 116 valence electrons. The first-order valence-electron chi connectivity index (χ1n) is 7.64. The highest BCUT2D eigenvalue weighted by molar-refractivity contribution is 7.92. The van der Waals surface area contributed by atoms with Gasteiger partial charge in [-0.05, 0) is 24.5 Å². The van der Waals surface area contributed by atoms with E-state index in [-0.39, 0.29) is 12.3 Å². The normalized spacial score (nSPS) is 19.5. The van der Waals surface area contributed by atoms with Crippen molar-refractivity contribution in [2.75, 3.05) is 4.31 Å². The maximum atomic E-state index is 12.4. The van der Waals surface area contributed by atoms with Crippen LogP contribution in [0.25, 0.3) is 0 Å². The van der Waals surface area contributed by atoms with Gasteiger partial charge in [-0.25, -0.2) is 8.42 Å². The van der Waals surface area contributed by atoms with E-state index in [1.165, 1.54) is 10.7 Å². The number of para-hydroxylation sites is 1. The van der Waals surface area contributed by atoms with Gasteiger partial charge in [-0.3, -0.25) is 4.31 Å². The summed E-state index contributed by atoms with van der Waals surface area (Å²) in [4.78, 5) is 0. The lowest BCUT2D eigenvalue weighted by Gasteiger charge is -2.18. The second-order valence-corrected chi connectivity index (χ2v) is 7.78. The van der Waals surface area contributed by atoms with Crippen LogP contribution in [0.3, 0.4) is 0 Å². The fraction of sp³-hybridized carbons (Fsp3) is 0.467. The van der Waals surface area contributed by atoms with Crippen molar-refractivity contribution in [3.63, 3.8) is 0 Å². The van der Waals surface area contributed by atoms with Crippen LogP contribution in [0.1, 0.15) is 36.5 Å². The number of hydrogen-bond donors (Lipinski definition) is 0. The largest absolute Gasteiger partial charge is 0.313 e. The molecule has 0 aliphatic carbocycles. The van der Waals surface area contributed by atoms with Crippen LogP contribution in [-0.2, 0) is 35.3 Å². The molecule has 22 heavy (non-hydrogen) atoms. The Kier molecular flexibility index (Phi) is 3.18. The Hall–Kier alpha value is -1.89. The van der Waals surface area contributed by atoms with Crippen LogP contribution in [-0.4, -0.2) is 23.2 Å². The van der Waals surface area contributed by atoms with Crippen LogP contribution < -0.4 is 4.31 Å². The molecule has 2 aromatic rings. The lowest BCUT2D eigenvalue weighted by Crippen LogP contribution is -2.28. The van der Waals surface area contributed by atoms with Gasteiger partial charge in [0, 0.05) is 13.0 Å². The molecule has 0 saturated carbocycles. The van der Waals surface area contributed by atoms with Crippen LogP contribution in [0.2, 0.25) is 0 Å². The molecule has 0 saturated heterocycles. The van der Waals surface area contributed by atoms with Gasteiger partial charge in [0.25, 0.3) is 0 Å². The van der Waals surface area contributed by atoms with Crippen LogP contribution in [0, 0.1) is 0 Å². The molecule has 2 aliphatic heterocycles. The van der Waals surface area contributed by atoms with E-state index in [9.17, 15) is 8.42 Å². The minimum atomic E-state index is -3.31. The molecule has 3 heterocycles. The lowest BCUT2D eigenvalue weighted by molar-refractivity contribution is 0.583. The van der Waals surface area contributed by atoms with Gasteiger partial charge in [-0.2, -0.15) is 0 Å². The summed E-state index contributed by atoms with van der Waals surface area (Å²) in [5, 5.41) is 8.50. The second kappa shape index (κ2) is 5.08. The third-order valence-corrected chi connectivity index (χ3v) is 6.08. The molecule has 6 nitrogen and oxygen atoms in total. The van der Waals surface area contributed by atoms with Crippen molar-refractivity contribution >= 4 is 15.7 Å². The van der Waals surface area contributed by atoms with Gasteiger partial charge >= 0.3 is 0 Å². The first-order valence-corrected chi connectivity index (χ1v) is 9.25. The molecule has 1 aromatic carbocycles. The zero-order chi connectivity index (χ0) is 15.2. The highest BCUT2D eigenvalue weighted by Gasteiger charge is 2.34. The number of hydrogen-bond acceptors (Lipinski definition) is 4. The van der Waals surface area contributed by atoms with E-state index in [4.69, 9.17) is 0 Å². The summed E-state index contributed by atoms with van der Waals surface area (Å²) in [6.45, 7) is 1.15. The van der Waals surface area contributed by atoms with E-state index < -0.39 is 10.0 Å². The molecule has 4 rings (SSSR count). The summed E-state index contributed by atoms with van der Waals surface area (Å²) >= 11 is 0. The quantitative estimate of drug-likeness (QED) is 0.847. The Bertz CT molecular complexity index is 813. The molecule has 0 N–H and O–H groups in total. The Morgan fingerprint density at radius 1 is 1.09 bits per heavy atom. The molecule has 0 fully saturated rings. The van der Waals surface area contributed by atoms with E-state index >= 15 is 0 Å². The molecular weight excluding hydrogens is 300 g/mol. The highest BCUT2D eigenvalue weighted by Crippen LogP contribution is 2.34. The monoisotopic (exact) mass is 318 g/mol. The standard InChI is InChI=1S/C15H18N4O2S/c20-22(21)11-12-6-3-4-7-13(12)19(22)10-15-17-16-14-8-2-1-5-9-18(14)15/h3-4,6-7H,1-2,5,8-11H2. The van der Waals surface area contributed by atoms with Crippen LogP contribution in [0.4, 0.5) is 5.69 Å². The summed E-state index contributed by atoms with van der Waals surface area (Å²) in [7, 11) is -3.31. The van der Waals surface area contributed by atoms with Gasteiger partial charge in [-0.1, -0.05) is 24.6 Å². The van der Waals surface area contributed by atoms with Gasteiger partial charge in [0.15, 0.2) is 5.82 Å². The predicted molar refractivity (Wildman–Crippen MR) is 82.8 cm³/mol. The number of sulfonamides is 1. The van der Waals surface area contributed by atoms with Gasteiger partial charge in [-0.15, -0.1) is 10.2 Å². The third-order valence-electron chi connectivity index (χ3n) is 4.41. The predicted octanol–water partition coefficient (Wildman–Crippen LogP) is 1.85. The van der Waals surface area contributed by atoms with E-state index in [1.807, 2.05) is 24.3 Å². The van der Waals surface area contributed by atoms with Crippen LogP contribution in [0.5, 0.6) is 0 Å². The molecule has 0 bridgehead atoms. The average molecular weight is 318 g/mol. The van der Waals surface area contributed by atoms with Gasteiger partial charge in [0.05, 0.1) is 18.0 Å². The van der Waals surface area contributed by atoms with Gasteiger partial charge in [0.1, 0.15) is 5.82 Å². The molecule has 1 aromatic heterocycles. The number of benzene rings is 1. The highest BCUT2D eigenvalue weighted by atomic mass is 32.2. The SMILES string of the molecule is O=S1(=O)Cc2ccccc2N1Cc1nnc2n1CCCCC2. The van der Waals surface area contributed by atoms with Crippen molar-refractivity contribution < 1.29 is 8.42 Å². The van der Waals surface area contributed by atoms with E-state index in [0.29, 0.717) is 0 Å². The molecule has 0 amide bonds. The Morgan fingerprint density at radius 3 is 2.86 bits per heavy atom. The van der Waals surface area contributed by atoms with Gasteiger partial charge < -0.3 is 4.57 Å². The number of anilines is 1. The summed E-state index contributed by atoms with van der Waals surface area (Å²) in [6, 6.07) is 7.48. The number of aryl methyl sites for hydroxylation is 1. The van der Waals surface area contributed by atoms with Crippen LogP contribution in [0.15, 0.2) is 24.3 Å². The number of rotatable bonds is 2. The molecular formula is C15H18N4O2S. The molecule has 0 radical (unpaired) electrons. The molecule has 0 spiro atoms. The van der Waals surface area contributed by atoms with Crippen molar-refractivity contribution in [3.05, 3.63) is 41.5 Å². The van der Waals surface area contributed by atoms with E-state index in [1.54, 1.807) is 0 Å². The smallest absolute Gasteiger partial charge is 0.239 e. The summed E-state index contributed by atoms with van der Waals surface area (Å²) in [5.41, 5.74) is 1.63. The van der Waals surface area contributed by atoms with Gasteiger partial charge in [0.2, 0.25) is 10.0 Å². The lowest BCUT2D eigenvalue weighted by atomic mass is 10.2. The Morgan fingerprint density at radius 2 is 1.95 bits per heavy atom. The zero-order valence-electron chi connectivity index (χ0n) is 12.3. The maximum absolute atomic E-state index is 12.4. The number of aromatic nitrogens is 3. The fourth-order valence-corrected chi connectivity index (χ4v) is 4.86. The fourth-order valence-electron chi connectivity index (χ4n) is 3.27. The van der Waals surface area contributed by atoms with Crippen molar-refractivity contribution in [2.45, 2.75) is 44.5 Å². The minimum absolute atomic E-state index is 0.0736. The molecule has 7 heteroatoms. The van der Waals surface area contributed by atoms with Crippen LogP contribution >= 0.6 is 0 Å². The minimum Gasteiger partial charge on any atom is -0.313 e. The first-order chi connectivity index (χ1) is 10.6. The number of fused-ring (bicyclic) bond motifs is 2. The molecule has 0 atom stereocenters. The molecule has 0 unspecified atom stereocenters. The third kappa shape index (κ3) is 2.20. The number of nitrogens with zero attached hydrogens (tertiary/aromatic N) is 4. The average Bonchev–Trinajstić information content (AvgIpc) is 2.87. The zero-order valence-corrected chi connectivity index (χ0v) is 13.1. The first kappa shape index (κ1) is 13.8. The summed E-state index contributed by atoms with van der Waals surface area (Å²) < 4.78 is 28.5.